The van der Waals surface area contributed by atoms with Gasteiger partial charge in [-0.1, -0.05) is 12.2 Å². The molecule has 3 heterocycles. The second kappa shape index (κ2) is 3.57. The van der Waals surface area contributed by atoms with E-state index in [1.165, 1.54) is 29.8 Å². The largest absolute Gasteiger partial charge is 0.377 e. The van der Waals surface area contributed by atoms with Gasteiger partial charge in [0.15, 0.2) is 0 Å². The maximum atomic E-state index is 5.62. The summed E-state index contributed by atoms with van der Waals surface area (Å²) < 4.78 is 5.62. The number of rotatable bonds is 1. The summed E-state index contributed by atoms with van der Waals surface area (Å²) in [6.45, 7) is 1.76. The second-order valence-electron chi connectivity index (χ2n) is 5.17. The molecule has 2 bridgehead atoms. The smallest absolute Gasteiger partial charge is 0.0671 e. The van der Waals surface area contributed by atoms with Crippen molar-refractivity contribution in [3.05, 3.63) is 29.6 Å². The highest BCUT2D eigenvalue weighted by Crippen LogP contribution is 2.35. The molecule has 17 heavy (non-hydrogen) atoms. The van der Waals surface area contributed by atoms with Crippen LogP contribution in [-0.2, 0) is 11.2 Å². The Morgan fingerprint density at radius 3 is 2.88 bits per heavy atom. The third kappa shape index (κ3) is 1.42. The van der Waals surface area contributed by atoms with Crippen LogP contribution in [0.5, 0.6) is 0 Å². The Kier molecular flexibility index (Phi) is 2.03. The highest BCUT2D eigenvalue weighted by Gasteiger charge is 2.37. The Labute approximate surface area is 101 Å². The van der Waals surface area contributed by atoms with E-state index >= 15 is 0 Å². The Morgan fingerprint density at radius 2 is 2.06 bits per heavy atom. The first-order chi connectivity index (χ1) is 8.42. The standard InChI is InChI=1S/C14H16N2O/c1-2-10-6-13(7-15-14(10)3-1)16-11-4-5-12(16)9-17-8-11/h1-2,6-7,11-12H,3-5,8-9H2. The molecule has 1 aromatic rings. The SMILES string of the molecule is C1=Cc2cc(N3C4CCC3COC4)cnc2C1. The van der Waals surface area contributed by atoms with Crippen LogP contribution in [0.25, 0.3) is 6.08 Å². The maximum Gasteiger partial charge on any atom is 0.0671 e. The molecule has 88 valence electrons. The van der Waals surface area contributed by atoms with Gasteiger partial charge >= 0.3 is 0 Å². The normalized spacial score (nSPS) is 29.8. The van der Waals surface area contributed by atoms with E-state index in [2.05, 4.69) is 28.1 Å². The summed E-state index contributed by atoms with van der Waals surface area (Å²) in [5, 5.41) is 0. The van der Waals surface area contributed by atoms with Crippen LogP contribution >= 0.6 is 0 Å². The molecule has 1 aromatic heterocycles. The van der Waals surface area contributed by atoms with Gasteiger partial charge in [0, 0.05) is 6.42 Å². The van der Waals surface area contributed by atoms with E-state index in [0.717, 1.165) is 19.6 Å². The summed E-state index contributed by atoms with van der Waals surface area (Å²) in [4.78, 5) is 7.12. The van der Waals surface area contributed by atoms with Gasteiger partial charge in [0.25, 0.3) is 0 Å². The molecule has 2 unspecified atom stereocenters. The minimum absolute atomic E-state index is 0.569. The van der Waals surface area contributed by atoms with Crippen LogP contribution in [-0.4, -0.2) is 30.3 Å². The zero-order valence-corrected chi connectivity index (χ0v) is 9.80. The first kappa shape index (κ1) is 9.66. The highest BCUT2D eigenvalue weighted by atomic mass is 16.5. The Balaban J connectivity index is 1.72. The van der Waals surface area contributed by atoms with Crippen LogP contribution in [0.3, 0.4) is 0 Å². The van der Waals surface area contributed by atoms with Gasteiger partial charge in [0.1, 0.15) is 0 Å². The van der Waals surface area contributed by atoms with Crippen LogP contribution < -0.4 is 4.90 Å². The van der Waals surface area contributed by atoms with Gasteiger partial charge < -0.3 is 9.64 Å². The lowest BCUT2D eigenvalue weighted by Gasteiger charge is -2.36. The monoisotopic (exact) mass is 228 g/mol. The lowest BCUT2D eigenvalue weighted by molar-refractivity contribution is 0.0906. The molecule has 1 aliphatic carbocycles. The fraction of sp³-hybridized carbons (Fsp3) is 0.500. The fourth-order valence-corrected chi connectivity index (χ4v) is 3.30. The number of allylic oxidation sites excluding steroid dienone is 1. The summed E-state index contributed by atoms with van der Waals surface area (Å²) in [6, 6.07) is 3.43. The van der Waals surface area contributed by atoms with Crippen molar-refractivity contribution in [3.8, 4) is 0 Å². The average molecular weight is 228 g/mol. The molecular formula is C14H16N2O. The highest BCUT2D eigenvalue weighted by molar-refractivity contribution is 5.64. The van der Waals surface area contributed by atoms with E-state index in [4.69, 9.17) is 4.74 Å². The molecule has 3 aliphatic rings. The zero-order chi connectivity index (χ0) is 11.2. The minimum atomic E-state index is 0.569. The average Bonchev–Trinajstić information content (AvgIpc) is 2.91. The molecule has 4 rings (SSSR count). The summed E-state index contributed by atoms with van der Waals surface area (Å²) in [5.41, 5.74) is 3.80. The minimum Gasteiger partial charge on any atom is -0.377 e. The number of anilines is 1. The predicted octanol–water partition coefficient (Wildman–Crippen LogP) is 2.02. The molecule has 0 spiro atoms. The van der Waals surface area contributed by atoms with Crippen LogP contribution in [0.2, 0.25) is 0 Å². The fourth-order valence-electron chi connectivity index (χ4n) is 3.30. The van der Waals surface area contributed by atoms with Crippen molar-refractivity contribution in [2.45, 2.75) is 31.3 Å². The zero-order valence-electron chi connectivity index (χ0n) is 9.80. The van der Waals surface area contributed by atoms with Crippen LogP contribution in [0.15, 0.2) is 18.3 Å². The maximum absolute atomic E-state index is 5.62. The van der Waals surface area contributed by atoms with Gasteiger partial charge in [0.2, 0.25) is 0 Å². The van der Waals surface area contributed by atoms with Crippen molar-refractivity contribution < 1.29 is 4.74 Å². The molecule has 2 fully saturated rings. The molecule has 2 atom stereocenters. The summed E-state index contributed by atoms with van der Waals surface area (Å²) in [6.07, 6.45) is 9.94. The number of morpholine rings is 1. The molecule has 0 saturated carbocycles. The predicted molar refractivity (Wildman–Crippen MR) is 67.1 cm³/mol. The topological polar surface area (TPSA) is 25.4 Å². The number of ether oxygens (including phenoxy) is 1. The molecule has 3 heteroatoms. The second-order valence-corrected chi connectivity index (χ2v) is 5.17. The molecule has 0 amide bonds. The van der Waals surface area contributed by atoms with Crippen LogP contribution in [0, 0.1) is 0 Å². The molecule has 2 saturated heterocycles. The van der Waals surface area contributed by atoms with E-state index in [1.807, 2.05) is 6.20 Å². The van der Waals surface area contributed by atoms with E-state index in [9.17, 15) is 0 Å². The van der Waals surface area contributed by atoms with E-state index in [0.29, 0.717) is 12.1 Å². The number of aromatic nitrogens is 1. The van der Waals surface area contributed by atoms with Gasteiger partial charge in [0.05, 0.1) is 42.9 Å². The quantitative estimate of drug-likeness (QED) is 0.735. The van der Waals surface area contributed by atoms with E-state index < -0.39 is 0 Å². The number of nitrogens with zero attached hydrogens (tertiary/aromatic N) is 2. The Hall–Kier alpha value is -1.35. The molecular weight excluding hydrogens is 212 g/mol. The molecule has 0 radical (unpaired) electrons. The van der Waals surface area contributed by atoms with Crippen LogP contribution in [0.4, 0.5) is 5.69 Å². The van der Waals surface area contributed by atoms with Crippen molar-refractivity contribution >= 4 is 11.8 Å². The van der Waals surface area contributed by atoms with Crippen molar-refractivity contribution in [1.29, 1.82) is 0 Å². The van der Waals surface area contributed by atoms with Crippen molar-refractivity contribution in [2.24, 2.45) is 0 Å². The molecule has 0 N–H and O–H groups in total. The first-order valence-electron chi connectivity index (χ1n) is 6.43. The molecule has 2 aliphatic heterocycles. The lowest BCUT2D eigenvalue weighted by Crippen LogP contribution is -2.46. The van der Waals surface area contributed by atoms with E-state index in [-0.39, 0.29) is 0 Å². The van der Waals surface area contributed by atoms with Crippen molar-refractivity contribution in [3.63, 3.8) is 0 Å². The van der Waals surface area contributed by atoms with Gasteiger partial charge in [-0.3, -0.25) is 4.98 Å². The third-order valence-corrected chi connectivity index (χ3v) is 4.14. The first-order valence-corrected chi connectivity index (χ1v) is 6.43. The molecule has 3 nitrogen and oxygen atoms in total. The van der Waals surface area contributed by atoms with Gasteiger partial charge in [-0.2, -0.15) is 0 Å². The lowest BCUT2D eigenvalue weighted by atomic mass is 10.1. The van der Waals surface area contributed by atoms with Gasteiger partial charge in [-0.15, -0.1) is 0 Å². The number of pyridine rings is 1. The Morgan fingerprint density at radius 1 is 1.24 bits per heavy atom. The summed E-state index contributed by atoms with van der Waals surface area (Å²) in [7, 11) is 0. The molecule has 0 aromatic carbocycles. The van der Waals surface area contributed by atoms with Crippen molar-refractivity contribution in [1.82, 2.24) is 4.98 Å². The number of fused-ring (bicyclic) bond motifs is 3. The van der Waals surface area contributed by atoms with E-state index in [1.54, 1.807) is 0 Å². The summed E-state index contributed by atoms with van der Waals surface area (Å²) >= 11 is 0. The third-order valence-electron chi connectivity index (χ3n) is 4.14. The summed E-state index contributed by atoms with van der Waals surface area (Å²) in [5.74, 6) is 0. The van der Waals surface area contributed by atoms with Crippen molar-refractivity contribution in [2.75, 3.05) is 18.1 Å². The Bertz CT molecular complexity index is 467. The number of hydrogen-bond acceptors (Lipinski definition) is 3. The van der Waals surface area contributed by atoms with Gasteiger partial charge in [-0.05, 0) is 24.5 Å². The van der Waals surface area contributed by atoms with Gasteiger partial charge in [-0.25, -0.2) is 0 Å². The van der Waals surface area contributed by atoms with Crippen LogP contribution in [0.1, 0.15) is 24.1 Å². The number of hydrogen-bond donors (Lipinski definition) is 0.